The first-order valence-electron chi connectivity index (χ1n) is 6.05. The van der Waals surface area contributed by atoms with Crippen LogP contribution in [0.25, 0.3) is 10.8 Å². The molecular formula is C15H17NO. The highest BCUT2D eigenvalue weighted by Crippen LogP contribution is 2.23. The van der Waals surface area contributed by atoms with E-state index >= 15 is 0 Å². The third-order valence-corrected chi connectivity index (χ3v) is 3.04. The third-order valence-electron chi connectivity index (χ3n) is 3.04. The maximum Gasteiger partial charge on any atom is 0.181 e. The number of rotatable bonds is 3. The number of hydrogen-bond donors (Lipinski definition) is 0. The number of Topliss-reactive ketones (excluding diaryl/α,β-unsaturated/α-hetero) is 1. The van der Waals surface area contributed by atoms with E-state index in [2.05, 4.69) is 37.0 Å². The molecule has 0 unspecified atom stereocenters. The second-order valence-corrected chi connectivity index (χ2v) is 4.57. The minimum atomic E-state index is 0.108. The number of carbonyl (C=O) groups excluding carboxylic acids is 1. The van der Waals surface area contributed by atoms with Gasteiger partial charge in [-0.1, -0.05) is 32.9 Å². The average Bonchev–Trinajstić information content (AvgIpc) is 2.36. The molecule has 2 nitrogen and oxygen atoms in total. The minimum absolute atomic E-state index is 0.108. The molecule has 2 aromatic rings. The molecule has 88 valence electrons. The van der Waals surface area contributed by atoms with Crippen molar-refractivity contribution in [1.82, 2.24) is 4.98 Å². The molecule has 0 saturated carbocycles. The first-order valence-corrected chi connectivity index (χ1v) is 6.05. The lowest BCUT2D eigenvalue weighted by Crippen LogP contribution is -2.01. The van der Waals surface area contributed by atoms with Gasteiger partial charge in [0.2, 0.25) is 0 Å². The summed E-state index contributed by atoms with van der Waals surface area (Å²) >= 11 is 0. The number of nitrogens with zero attached hydrogens (tertiary/aromatic N) is 1. The topological polar surface area (TPSA) is 30.0 Å². The van der Waals surface area contributed by atoms with Crippen LogP contribution < -0.4 is 0 Å². The van der Waals surface area contributed by atoms with Crippen molar-refractivity contribution in [3.05, 3.63) is 41.7 Å². The van der Waals surface area contributed by atoms with Crippen LogP contribution in [0.1, 0.15) is 49.2 Å². The maximum absolute atomic E-state index is 11.8. The Morgan fingerprint density at radius 1 is 1.29 bits per heavy atom. The first-order chi connectivity index (χ1) is 8.13. The zero-order chi connectivity index (χ0) is 12.4. The summed E-state index contributed by atoms with van der Waals surface area (Å²) in [4.78, 5) is 16.1. The van der Waals surface area contributed by atoms with Crippen LogP contribution in [0.3, 0.4) is 0 Å². The van der Waals surface area contributed by atoms with Crippen LogP contribution in [0.2, 0.25) is 0 Å². The SMILES string of the molecule is CCC(=O)c1nccc2ccc(C(C)C)cc12. The number of benzene rings is 1. The van der Waals surface area contributed by atoms with Gasteiger partial charge in [-0.3, -0.25) is 9.78 Å². The summed E-state index contributed by atoms with van der Waals surface area (Å²) in [5, 5.41) is 2.06. The van der Waals surface area contributed by atoms with Crippen molar-refractivity contribution in [2.45, 2.75) is 33.1 Å². The highest BCUT2D eigenvalue weighted by atomic mass is 16.1. The number of fused-ring (bicyclic) bond motifs is 1. The van der Waals surface area contributed by atoms with Crippen LogP contribution in [0, 0.1) is 0 Å². The van der Waals surface area contributed by atoms with Crippen molar-refractivity contribution in [3.63, 3.8) is 0 Å². The van der Waals surface area contributed by atoms with Gasteiger partial charge < -0.3 is 0 Å². The highest BCUT2D eigenvalue weighted by molar-refractivity contribution is 6.06. The summed E-state index contributed by atoms with van der Waals surface area (Å²) in [6.07, 6.45) is 2.21. The van der Waals surface area contributed by atoms with Gasteiger partial charge in [-0.15, -0.1) is 0 Å². The lowest BCUT2D eigenvalue weighted by atomic mass is 9.98. The molecule has 0 aliphatic rings. The highest BCUT2D eigenvalue weighted by Gasteiger charge is 2.10. The van der Waals surface area contributed by atoms with Gasteiger partial charge in [0.05, 0.1) is 0 Å². The fourth-order valence-electron chi connectivity index (χ4n) is 1.93. The Morgan fingerprint density at radius 2 is 2.06 bits per heavy atom. The van der Waals surface area contributed by atoms with Crippen molar-refractivity contribution < 1.29 is 4.79 Å². The molecule has 2 rings (SSSR count). The molecule has 0 bridgehead atoms. The van der Waals surface area contributed by atoms with Gasteiger partial charge in [-0.05, 0) is 29.0 Å². The van der Waals surface area contributed by atoms with E-state index in [1.54, 1.807) is 6.20 Å². The van der Waals surface area contributed by atoms with E-state index in [0.29, 0.717) is 18.0 Å². The van der Waals surface area contributed by atoms with Crippen molar-refractivity contribution in [3.8, 4) is 0 Å². The fraction of sp³-hybridized carbons (Fsp3) is 0.333. The second kappa shape index (κ2) is 4.66. The Labute approximate surface area is 102 Å². The lowest BCUT2D eigenvalue weighted by Gasteiger charge is -2.09. The molecule has 1 aromatic heterocycles. The molecule has 2 heteroatoms. The van der Waals surface area contributed by atoms with Gasteiger partial charge in [0.1, 0.15) is 5.69 Å². The Balaban J connectivity index is 2.68. The van der Waals surface area contributed by atoms with E-state index in [0.717, 1.165) is 10.8 Å². The normalized spacial score (nSPS) is 11.1. The zero-order valence-corrected chi connectivity index (χ0v) is 10.5. The predicted molar refractivity (Wildman–Crippen MR) is 70.5 cm³/mol. The third kappa shape index (κ3) is 2.21. The molecule has 0 fully saturated rings. The largest absolute Gasteiger partial charge is 0.292 e. The lowest BCUT2D eigenvalue weighted by molar-refractivity contribution is 0.0985. The molecule has 17 heavy (non-hydrogen) atoms. The Hall–Kier alpha value is -1.70. The smallest absolute Gasteiger partial charge is 0.181 e. The molecular weight excluding hydrogens is 210 g/mol. The molecule has 0 atom stereocenters. The summed E-state index contributed by atoms with van der Waals surface area (Å²) in [5.74, 6) is 0.570. The molecule has 0 aliphatic carbocycles. The van der Waals surface area contributed by atoms with E-state index in [-0.39, 0.29) is 5.78 Å². The minimum Gasteiger partial charge on any atom is -0.292 e. The Morgan fingerprint density at radius 3 is 2.71 bits per heavy atom. The number of ketones is 1. The standard InChI is InChI=1S/C15H17NO/c1-4-14(17)15-13-9-12(10(2)3)6-5-11(13)7-8-16-15/h5-10H,4H2,1-3H3. The molecule has 1 heterocycles. The summed E-state index contributed by atoms with van der Waals surface area (Å²) in [7, 11) is 0. The summed E-state index contributed by atoms with van der Waals surface area (Å²) in [6, 6.07) is 8.23. The molecule has 0 saturated heterocycles. The van der Waals surface area contributed by atoms with E-state index in [1.807, 2.05) is 13.0 Å². The van der Waals surface area contributed by atoms with Crippen LogP contribution in [-0.2, 0) is 0 Å². The summed E-state index contributed by atoms with van der Waals surface area (Å²) in [6.45, 7) is 6.17. The van der Waals surface area contributed by atoms with Gasteiger partial charge in [-0.25, -0.2) is 0 Å². The Bertz CT molecular complexity index is 558. The molecule has 0 aliphatic heterocycles. The second-order valence-electron chi connectivity index (χ2n) is 4.57. The number of carbonyl (C=O) groups is 1. The van der Waals surface area contributed by atoms with Gasteiger partial charge >= 0.3 is 0 Å². The van der Waals surface area contributed by atoms with Crippen LogP contribution in [0.5, 0.6) is 0 Å². The van der Waals surface area contributed by atoms with E-state index in [4.69, 9.17) is 0 Å². The van der Waals surface area contributed by atoms with Crippen LogP contribution in [-0.4, -0.2) is 10.8 Å². The number of hydrogen-bond acceptors (Lipinski definition) is 2. The first kappa shape index (κ1) is 11.8. The van der Waals surface area contributed by atoms with Crippen molar-refractivity contribution in [2.75, 3.05) is 0 Å². The predicted octanol–water partition coefficient (Wildman–Crippen LogP) is 3.95. The summed E-state index contributed by atoms with van der Waals surface area (Å²) < 4.78 is 0. The summed E-state index contributed by atoms with van der Waals surface area (Å²) in [5.41, 5.74) is 1.85. The van der Waals surface area contributed by atoms with Gasteiger partial charge in [-0.2, -0.15) is 0 Å². The average molecular weight is 227 g/mol. The molecule has 0 N–H and O–H groups in total. The van der Waals surface area contributed by atoms with Gasteiger partial charge in [0.25, 0.3) is 0 Å². The Kier molecular flexibility index (Phi) is 3.23. The molecule has 0 amide bonds. The van der Waals surface area contributed by atoms with Crippen LogP contribution in [0.15, 0.2) is 30.5 Å². The number of pyridine rings is 1. The van der Waals surface area contributed by atoms with Crippen molar-refractivity contribution >= 4 is 16.6 Å². The fourth-order valence-corrected chi connectivity index (χ4v) is 1.93. The van der Waals surface area contributed by atoms with E-state index < -0.39 is 0 Å². The quantitative estimate of drug-likeness (QED) is 0.743. The van der Waals surface area contributed by atoms with Crippen molar-refractivity contribution in [1.29, 1.82) is 0 Å². The van der Waals surface area contributed by atoms with Crippen LogP contribution >= 0.6 is 0 Å². The molecule has 1 aromatic carbocycles. The molecule has 0 spiro atoms. The van der Waals surface area contributed by atoms with Crippen LogP contribution in [0.4, 0.5) is 0 Å². The zero-order valence-electron chi connectivity index (χ0n) is 10.5. The van der Waals surface area contributed by atoms with Gasteiger partial charge in [0.15, 0.2) is 5.78 Å². The number of aromatic nitrogens is 1. The van der Waals surface area contributed by atoms with E-state index in [1.165, 1.54) is 5.56 Å². The van der Waals surface area contributed by atoms with E-state index in [9.17, 15) is 4.79 Å². The van der Waals surface area contributed by atoms with Crippen molar-refractivity contribution in [2.24, 2.45) is 0 Å². The van der Waals surface area contributed by atoms with Gasteiger partial charge in [0, 0.05) is 18.0 Å². The molecule has 0 radical (unpaired) electrons. The maximum atomic E-state index is 11.8. The monoisotopic (exact) mass is 227 g/mol.